The highest BCUT2D eigenvalue weighted by Crippen LogP contribution is 2.06. The molecule has 0 fully saturated rings. The number of unbranched alkanes of at least 4 members (excludes halogenated alkanes) is 1. The number of carbonyl (C=O) groups is 1. The lowest BCUT2D eigenvalue weighted by atomic mass is 10.2. The van der Waals surface area contributed by atoms with E-state index in [2.05, 4.69) is 33.1 Å². The number of benzene rings is 1. The lowest BCUT2D eigenvalue weighted by Gasteiger charge is -2.19. The highest BCUT2D eigenvalue weighted by Gasteiger charge is 2.15. The van der Waals surface area contributed by atoms with Crippen LogP contribution in [0.4, 0.5) is 4.79 Å². The topological polar surface area (TPSA) is 84.0 Å². The monoisotopic (exact) mass is 520 g/mol. The second-order valence-corrected chi connectivity index (χ2v) is 7.36. The number of alkyl carbamates (subject to hydrolysis) is 1. The van der Waals surface area contributed by atoms with Crippen molar-refractivity contribution in [2.75, 3.05) is 32.8 Å². The molecule has 1 rings (SSSR count). The van der Waals surface area contributed by atoms with Crippen molar-refractivity contribution in [1.82, 2.24) is 16.0 Å². The second kappa shape index (κ2) is 16.3. The molecule has 1 amide bonds. The number of ether oxygens (including phenoxy) is 2. The van der Waals surface area contributed by atoms with Crippen molar-refractivity contribution in [2.24, 2.45) is 4.99 Å². The van der Waals surface area contributed by atoms with E-state index in [0.717, 1.165) is 38.5 Å². The Morgan fingerprint density at radius 3 is 2.38 bits per heavy atom. The van der Waals surface area contributed by atoms with Crippen LogP contribution in [0.15, 0.2) is 35.3 Å². The van der Waals surface area contributed by atoms with Crippen molar-refractivity contribution < 1.29 is 14.3 Å². The second-order valence-electron chi connectivity index (χ2n) is 7.36. The first kappa shape index (κ1) is 27.5. The molecule has 0 radical (unpaired) electrons. The Bertz CT molecular complexity index is 577. The molecule has 3 N–H and O–H groups in total. The van der Waals surface area contributed by atoms with Crippen molar-refractivity contribution in [3.63, 3.8) is 0 Å². The van der Waals surface area contributed by atoms with E-state index in [1.807, 2.05) is 45.9 Å². The smallest absolute Gasteiger partial charge is 0.407 e. The summed E-state index contributed by atoms with van der Waals surface area (Å²) in [7, 11) is 0. The van der Waals surface area contributed by atoms with Gasteiger partial charge in [0.15, 0.2) is 5.96 Å². The summed E-state index contributed by atoms with van der Waals surface area (Å²) in [5.41, 5.74) is 0.706. The van der Waals surface area contributed by atoms with E-state index in [1.54, 1.807) is 0 Å². The molecular formula is C21H37IN4O3. The van der Waals surface area contributed by atoms with Gasteiger partial charge in [0.25, 0.3) is 0 Å². The molecule has 0 aromatic heterocycles. The largest absolute Gasteiger partial charge is 0.444 e. The third kappa shape index (κ3) is 16.0. The lowest BCUT2D eigenvalue weighted by molar-refractivity contribution is 0.0529. The number of aliphatic imine (C=N–C) groups is 1. The summed E-state index contributed by atoms with van der Waals surface area (Å²) in [6.45, 7) is 11.5. The summed E-state index contributed by atoms with van der Waals surface area (Å²) < 4.78 is 10.9. The van der Waals surface area contributed by atoms with Crippen LogP contribution in [-0.2, 0) is 16.1 Å². The van der Waals surface area contributed by atoms with E-state index in [1.165, 1.54) is 5.56 Å². The zero-order valence-corrected chi connectivity index (χ0v) is 20.5. The zero-order valence-electron chi connectivity index (χ0n) is 18.1. The van der Waals surface area contributed by atoms with Crippen LogP contribution in [0.1, 0.15) is 46.1 Å². The van der Waals surface area contributed by atoms with Crippen molar-refractivity contribution in [3.05, 3.63) is 35.9 Å². The maximum Gasteiger partial charge on any atom is 0.407 e. The highest BCUT2D eigenvalue weighted by molar-refractivity contribution is 14.0. The molecule has 7 nitrogen and oxygen atoms in total. The first-order valence-electron chi connectivity index (χ1n) is 10.0. The van der Waals surface area contributed by atoms with Crippen LogP contribution in [0, 0.1) is 0 Å². The van der Waals surface area contributed by atoms with E-state index in [0.29, 0.717) is 19.7 Å². The van der Waals surface area contributed by atoms with Gasteiger partial charge in [0.1, 0.15) is 5.60 Å². The van der Waals surface area contributed by atoms with E-state index >= 15 is 0 Å². The van der Waals surface area contributed by atoms with Gasteiger partial charge in [-0.05, 0) is 46.1 Å². The van der Waals surface area contributed by atoms with Gasteiger partial charge in [-0.15, -0.1) is 24.0 Å². The summed E-state index contributed by atoms with van der Waals surface area (Å²) >= 11 is 0. The van der Waals surface area contributed by atoms with Gasteiger partial charge in [0, 0.05) is 32.8 Å². The Kier molecular flexibility index (Phi) is 15.4. The highest BCUT2D eigenvalue weighted by atomic mass is 127. The normalized spacial score (nSPS) is 11.4. The number of rotatable bonds is 11. The van der Waals surface area contributed by atoms with E-state index in [-0.39, 0.29) is 24.0 Å². The van der Waals surface area contributed by atoms with Gasteiger partial charge >= 0.3 is 6.09 Å². The van der Waals surface area contributed by atoms with Gasteiger partial charge in [0.2, 0.25) is 0 Å². The Morgan fingerprint density at radius 1 is 1.03 bits per heavy atom. The number of halogens is 1. The van der Waals surface area contributed by atoms with Crippen LogP contribution in [0.3, 0.4) is 0 Å². The molecule has 0 heterocycles. The third-order valence-electron chi connectivity index (χ3n) is 3.51. The van der Waals surface area contributed by atoms with Gasteiger partial charge in [-0.25, -0.2) is 4.79 Å². The predicted octanol–water partition coefficient (Wildman–Crippen LogP) is 3.68. The Hall–Kier alpha value is -1.55. The molecule has 0 bridgehead atoms. The van der Waals surface area contributed by atoms with Crippen LogP contribution in [0.5, 0.6) is 0 Å². The molecule has 0 atom stereocenters. The number of amides is 1. The van der Waals surface area contributed by atoms with Crippen LogP contribution in [-0.4, -0.2) is 50.4 Å². The number of nitrogens with zero attached hydrogens (tertiary/aromatic N) is 1. The minimum atomic E-state index is -0.487. The van der Waals surface area contributed by atoms with E-state index in [4.69, 9.17) is 9.47 Å². The first-order chi connectivity index (χ1) is 13.4. The van der Waals surface area contributed by atoms with Crippen molar-refractivity contribution >= 4 is 36.0 Å². The number of carbonyl (C=O) groups excluding carboxylic acids is 1. The minimum absolute atomic E-state index is 0. The Labute approximate surface area is 192 Å². The number of hydrogen-bond acceptors (Lipinski definition) is 4. The van der Waals surface area contributed by atoms with Gasteiger partial charge < -0.3 is 25.4 Å². The molecule has 0 saturated heterocycles. The standard InChI is InChI=1S/C21H36N4O3.HI/c1-5-22-19(24-14-15-25-20(26)28-21(2,3)4)23-13-9-10-16-27-17-18-11-7-6-8-12-18;/h6-8,11-12H,5,9-10,13-17H2,1-4H3,(H,25,26)(H2,22,23,24);1H. The summed E-state index contributed by atoms with van der Waals surface area (Å²) in [4.78, 5) is 16.1. The molecule has 29 heavy (non-hydrogen) atoms. The van der Waals surface area contributed by atoms with Crippen molar-refractivity contribution in [1.29, 1.82) is 0 Å². The fraction of sp³-hybridized carbons (Fsp3) is 0.619. The summed E-state index contributed by atoms with van der Waals surface area (Å²) in [6, 6.07) is 10.2. The fourth-order valence-electron chi connectivity index (χ4n) is 2.27. The summed E-state index contributed by atoms with van der Waals surface area (Å²) in [5, 5.41) is 9.11. The maximum absolute atomic E-state index is 11.6. The zero-order chi connectivity index (χ0) is 20.7. The third-order valence-corrected chi connectivity index (χ3v) is 3.51. The lowest BCUT2D eigenvalue weighted by Crippen LogP contribution is -2.42. The van der Waals surface area contributed by atoms with Crippen LogP contribution >= 0.6 is 24.0 Å². The summed E-state index contributed by atoms with van der Waals surface area (Å²) in [6.07, 6.45) is 1.52. The molecule has 0 saturated carbocycles. The molecule has 0 aliphatic heterocycles. The van der Waals surface area contributed by atoms with Gasteiger partial charge in [0.05, 0.1) is 6.61 Å². The molecule has 1 aromatic carbocycles. The van der Waals surface area contributed by atoms with Crippen molar-refractivity contribution in [2.45, 2.75) is 52.7 Å². The van der Waals surface area contributed by atoms with Crippen LogP contribution in [0.25, 0.3) is 0 Å². The average Bonchev–Trinajstić information content (AvgIpc) is 2.63. The van der Waals surface area contributed by atoms with Crippen LogP contribution < -0.4 is 16.0 Å². The average molecular weight is 520 g/mol. The number of hydrogen-bond donors (Lipinski definition) is 3. The van der Waals surface area contributed by atoms with E-state index < -0.39 is 11.7 Å². The molecule has 0 spiro atoms. The first-order valence-corrected chi connectivity index (χ1v) is 10.0. The SMILES string of the molecule is CCNC(=NCCCCOCc1ccccc1)NCCNC(=O)OC(C)(C)C.I. The molecule has 0 unspecified atom stereocenters. The van der Waals surface area contributed by atoms with Gasteiger partial charge in [-0.3, -0.25) is 4.99 Å². The molecule has 0 aliphatic rings. The van der Waals surface area contributed by atoms with E-state index in [9.17, 15) is 4.79 Å². The quantitative estimate of drug-likeness (QED) is 0.180. The summed E-state index contributed by atoms with van der Waals surface area (Å²) in [5.74, 6) is 0.749. The van der Waals surface area contributed by atoms with Crippen molar-refractivity contribution in [3.8, 4) is 0 Å². The number of guanidine groups is 1. The Balaban J connectivity index is 0.00000784. The maximum atomic E-state index is 11.6. The van der Waals surface area contributed by atoms with Gasteiger partial charge in [-0.1, -0.05) is 30.3 Å². The van der Waals surface area contributed by atoms with Gasteiger partial charge in [-0.2, -0.15) is 0 Å². The Morgan fingerprint density at radius 2 is 1.72 bits per heavy atom. The molecule has 166 valence electrons. The molecule has 1 aromatic rings. The van der Waals surface area contributed by atoms with Crippen LogP contribution in [0.2, 0.25) is 0 Å². The molecule has 0 aliphatic carbocycles. The molecular weight excluding hydrogens is 483 g/mol. The fourth-order valence-corrected chi connectivity index (χ4v) is 2.27. The molecule has 8 heteroatoms. The predicted molar refractivity (Wildman–Crippen MR) is 129 cm³/mol. The number of nitrogens with one attached hydrogen (secondary N) is 3. The minimum Gasteiger partial charge on any atom is -0.444 e.